The summed E-state index contributed by atoms with van der Waals surface area (Å²) in [5.74, 6) is 0.0454. The lowest BCUT2D eigenvalue weighted by Crippen LogP contribution is -2.45. The van der Waals surface area contributed by atoms with E-state index in [1.54, 1.807) is 35.1 Å². The average molecular weight is 688 g/mol. The molecular weight excluding hydrogens is 644 g/mol. The van der Waals surface area contributed by atoms with E-state index in [1.165, 1.54) is 7.11 Å². The maximum atomic E-state index is 13.8. The Morgan fingerprint density at radius 1 is 0.875 bits per heavy atom. The minimum absolute atomic E-state index is 0.0567. The first kappa shape index (κ1) is 37.3. The Hall–Kier alpha value is -3.52. The second kappa shape index (κ2) is 15.8. The molecule has 2 unspecified atom stereocenters. The summed E-state index contributed by atoms with van der Waals surface area (Å²) >= 11 is 0. The van der Waals surface area contributed by atoms with E-state index in [0.717, 1.165) is 0 Å². The van der Waals surface area contributed by atoms with Crippen molar-refractivity contribution in [1.82, 2.24) is 15.1 Å². The molecule has 0 aromatic heterocycles. The number of carbonyl (C=O) groups excluding carboxylic acids is 2. The van der Waals surface area contributed by atoms with E-state index in [4.69, 9.17) is 14.2 Å². The zero-order valence-electron chi connectivity index (χ0n) is 27.5. The number of hydrogen-bond acceptors (Lipinski definition) is 6. The Balaban J connectivity index is 1.48. The Labute approximate surface area is 276 Å². The van der Waals surface area contributed by atoms with Crippen molar-refractivity contribution in [3.05, 3.63) is 58.7 Å². The van der Waals surface area contributed by atoms with Gasteiger partial charge >= 0.3 is 12.4 Å². The predicted molar refractivity (Wildman–Crippen MR) is 166 cm³/mol. The van der Waals surface area contributed by atoms with Crippen LogP contribution in [0.1, 0.15) is 60.2 Å². The molecule has 4 rings (SSSR count). The first-order valence-electron chi connectivity index (χ1n) is 16.0. The molecule has 1 aliphatic heterocycles. The summed E-state index contributed by atoms with van der Waals surface area (Å²) < 4.78 is 96.9. The summed E-state index contributed by atoms with van der Waals surface area (Å²) in [4.78, 5) is 30.6. The van der Waals surface area contributed by atoms with Gasteiger partial charge in [0.05, 0.1) is 31.3 Å². The molecular formula is C34H43F6N3O5. The van der Waals surface area contributed by atoms with Crippen LogP contribution in [0.2, 0.25) is 0 Å². The molecule has 2 aromatic rings. The summed E-state index contributed by atoms with van der Waals surface area (Å²) in [6.45, 7) is 6.48. The maximum absolute atomic E-state index is 13.8. The lowest BCUT2D eigenvalue weighted by molar-refractivity contribution is -0.143. The number of carbonyl (C=O) groups is 2. The summed E-state index contributed by atoms with van der Waals surface area (Å²) in [5, 5.41) is 3.33. The third-order valence-electron chi connectivity index (χ3n) is 8.70. The van der Waals surface area contributed by atoms with Crippen LogP contribution in [-0.2, 0) is 28.3 Å². The first-order chi connectivity index (χ1) is 22.6. The lowest BCUT2D eigenvalue weighted by Gasteiger charge is -2.34. The van der Waals surface area contributed by atoms with E-state index in [0.29, 0.717) is 81.3 Å². The Morgan fingerprint density at radius 2 is 1.50 bits per heavy atom. The second-order valence-electron chi connectivity index (χ2n) is 12.7. The van der Waals surface area contributed by atoms with Crippen molar-refractivity contribution in [1.29, 1.82) is 0 Å². The highest BCUT2D eigenvalue weighted by molar-refractivity contribution is 5.95. The molecule has 2 fully saturated rings. The monoisotopic (exact) mass is 687 g/mol. The largest absolute Gasteiger partial charge is 0.493 e. The van der Waals surface area contributed by atoms with Gasteiger partial charge in [-0.2, -0.15) is 26.3 Å². The molecule has 48 heavy (non-hydrogen) atoms. The van der Waals surface area contributed by atoms with E-state index < -0.39 is 35.8 Å². The summed E-state index contributed by atoms with van der Waals surface area (Å²) in [6, 6.07) is 5.99. The molecule has 1 saturated heterocycles. The smallest absolute Gasteiger partial charge is 0.416 e. The average Bonchev–Trinajstić information content (AvgIpc) is 3.77. The van der Waals surface area contributed by atoms with Crippen molar-refractivity contribution in [2.24, 2.45) is 11.8 Å². The van der Waals surface area contributed by atoms with Gasteiger partial charge in [-0.3, -0.25) is 9.59 Å². The maximum Gasteiger partial charge on any atom is 0.416 e. The van der Waals surface area contributed by atoms with E-state index in [-0.39, 0.29) is 48.0 Å². The van der Waals surface area contributed by atoms with Crippen LogP contribution in [0.5, 0.6) is 11.5 Å². The molecule has 8 nitrogen and oxygen atoms in total. The number of ether oxygens (including phenoxy) is 3. The van der Waals surface area contributed by atoms with Crippen LogP contribution in [0.4, 0.5) is 26.3 Å². The molecule has 1 heterocycles. The van der Waals surface area contributed by atoms with Gasteiger partial charge in [0.25, 0.3) is 5.91 Å². The fourth-order valence-corrected chi connectivity index (χ4v) is 5.96. The van der Waals surface area contributed by atoms with E-state index >= 15 is 0 Å². The summed E-state index contributed by atoms with van der Waals surface area (Å²) in [7, 11) is 3.12. The van der Waals surface area contributed by atoms with E-state index in [9.17, 15) is 35.9 Å². The highest BCUT2D eigenvalue weighted by Gasteiger charge is 2.40. The van der Waals surface area contributed by atoms with Gasteiger partial charge < -0.3 is 29.3 Å². The van der Waals surface area contributed by atoms with Gasteiger partial charge in [0.15, 0.2) is 11.5 Å². The standard InChI is InChI=1S/C34H43F6N3O5/c1-21(2)42(32(45)23-6-9-29(47-4)30(15-23)48-11-5-10-46-3)19-24-17-41-18-25(24)20-43(28-7-8-28)31(44)14-22-12-26(33(35,36)37)16-27(13-22)34(38,39)40/h6,9,12-13,15-16,21,24-25,28,41H,5,7-8,10-11,14,17-20H2,1-4H3. The number of amides is 2. The Kier molecular flexibility index (Phi) is 12.3. The molecule has 0 radical (unpaired) electrons. The molecule has 1 N–H and O–H groups in total. The van der Waals surface area contributed by atoms with Gasteiger partial charge in [-0.05, 0) is 80.5 Å². The van der Waals surface area contributed by atoms with E-state index in [1.807, 2.05) is 13.8 Å². The van der Waals surface area contributed by atoms with Gasteiger partial charge in [0.2, 0.25) is 5.91 Å². The molecule has 1 aliphatic carbocycles. The second-order valence-corrected chi connectivity index (χ2v) is 12.7. The number of nitrogens with zero attached hydrogens (tertiary/aromatic N) is 2. The lowest BCUT2D eigenvalue weighted by atomic mass is 9.93. The Bertz CT molecular complexity index is 1380. The number of rotatable bonds is 15. The molecule has 2 atom stereocenters. The number of benzene rings is 2. The zero-order chi connectivity index (χ0) is 35.2. The predicted octanol–water partition coefficient (Wildman–Crippen LogP) is 6.07. The fraction of sp³-hybridized carbons (Fsp3) is 0.588. The van der Waals surface area contributed by atoms with Crippen LogP contribution >= 0.6 is 0 Å². The van der Waals surface area contributed by atoms with Gasteiger partial charge in [0, 0.05) is 64.0 Å². The van der Waals surface area contributed by atoms with Gasteiger partial charge in [-0.15, -0.1) is 0 Å². The zero-order valence-corrected chi connectivity index (χ0v) is 27.5. The van der Waals surface area contributed by atoms with Crippen molar-refractivity contribution < 1.29 is 50.1 Å². The molecule has 2 aromatic carbocycles. The van der Waals surface area contributed by atoms with Gasteiger partial charge in [-0.1, -0.05) is 0 Å². The summed E-state index contributed by atoms with van der Waals surface area (Å²) in [6.07, 6.45) is -8.52. The highest BCUT2D eigenvalue weighted by Crippen LogP contribution is 2.37. The molecule has 2 aliphatic rings. The Morgan fingerprint density at radius 3 is 2.04 bits per heavy atom. The minimum Gasteiger partial charge on any atom is -0.493 e. The van der Waals surface area contributed by atoms with E-state index in [2.05, 4.69) is 5.32 Å². The quantitative estimate of drug-likeness (QED) is 0.181. The van der Waals surface area contributed by atoms with Crippen LogP contribution in [0.25, 0.3) is 0 Å². The SMILES string of the molecule is COCCCOc1cc(C(=O)N(CC2CNCC2CN(C(=O)Cc2cc(C(F)(F)F)cc(C(F)(F)F)c2)C2CC2)C(C)C)ccc1OC. The molecule has 1 saturated carbocycles. The molecule has 2 amide bonds. The highest BCUT2D eigenvalue weighted by atomic mass is 19.4. The van der Waals surface area contributed by atoms with Gasteiger partial charge in [-0.25, -0.2) is 0 Å². The number of alkyl halides is 6. The number of halogens is 6. The third-order valence-corrected chi connectivity index (χ3v) is 8.70. The minimum atomic E-state index is -5.00. The molecule has 0 spiro atoms. The van der Waals surface area contributed by atoms with Gasteiger partial charge in [0.1, 0.15) is 0 Å². The molecule has 14 heteroatoms. The normalized spacial score (nSPS) is 18.2. The number of nitrogens with one attached hydrogen (secondary N) is 1. The van der Waals surface area contributed by atoms with Crippen molar-refractivity contribution >= 4 is 11.8 Å². The van der Waals surface area contributed by atoms with Crippen LogP contribution in [-0.4, -0.2) is 87.3 Å². The van der Waals surface area contributed by atoms with Crippen LogP contribution in [0.15, 0.2) is 36.4 Å². The van der Waals surface area contributed by atoms with Crippen LogP contribution in [0, 0.1) is 11.8 Å². The fourth-order valence-electron chi connectivity index (χ4n) is 5.96. The van der Waals surface area contributed by atoms with Crippen LogP contribution in [0.3, 0.4) is 0 Å². The van der Waals surface area contributed by atoms with Crippen LogP contribution < -0.4 is 14.8 Å². The van der Waals surface area contributed by atoms with Crippen molar-refractivity contribution in [2.45, 2.75) is 64.0 Å². The number of methoxy groups -OCH3 is 2. The first-order valence-corrected chi connectivity index (χ1v) is 16.0. The molecule has 266 valence electrons. The topological polar surface area (TPSA) is 80.3 Å². The van der Waals surface area contributed by atoms with Crippen molar-refractivity contribution in [3.63, 3.8) is 0 Å². The summed E-state index contributed by atoms with van der Waals surface area (Å²) in [5.41, 5.74) is -2.81. The number of hydrogen-bond donors (Lipinski definition) is 1. The third kappa shape index (κ3) is 9.77. The molecule has 0 bridgehead atoms. The van der Waals surface area contributed by atoms with Crippen molar-refractivity contribution in [2.75, 3.05) is 53.6 Å². The van der Waals surface area contributed by atoms with Crippen molar-refractivity contribution in [3.8, 4) is 11.5 Å².